The maximum atomic E-state index is 13.3. The van der Waals surface area contributed by atoms with E-state index in [2.05, 4.69) is 16.7 Å². The lowest BCUT2D eigenvalue weighted by molar-refractivity contribution is 0.0622. The third-order valence-corrected chi connectivity index (χ3v) is 5.83. The minimum absolute atomic E-state index is 0.124. The minimum atomic E-state index is -1.06. The standard InChI is InChI=1S/C25H24ClN3O6/c1-32-17-5-7-20-18(14-17)23(30)28-22(35-24(31)29-25(15-27)8-9-25)13-16-4-6-21(19(26)12-16)34-11-3-2-10-33-20/h2-7,12,14,22H,8-11,13H2,1H3,(H,28,30)(H,29,31)/b3-2+/t22-/m0/s1. The van der Waals surface area contributed by atoms with Crippen LogP contribution in [-0.2, 0) is 11.2 Å². The Kier molecular flexibility index (Phi) is 7.32. The van der Waals surface area contributed by atoms with Gasteiger partial charge in [0.15, 0.2) is 6.23 Å². The first-order valence-electron chi connectivity index (χ1n) is 11.0. The molecule has 1 fully saturated rings. The number of methoxy groups -OCH3 is 1. The first-order valence-corrected chi connectivity index (χ1v) is 11.4. The molecule has 2 N–H and O–H groups in total. The van der Waals surface area contributed by atoms with Crippen LogP contribution in [0.15, 0.2) is 48.6 Å². The molecule has 2 heterocycles. The van der Waals surface area contributed by atoms with Gasteiger partial charge in [-0.2, -0.15) is 5.26 Å². The number of benzene rings is 2. The number of fused-ring (bicyclic) bond motifs is 9. The maximum Gasteiger partial charge on any atom is 0.410 e. The van der Waals surface area contributed by atoms with E-state index in [1.807, 2.05) is 0 Å². The second-order valence-electron chi connectivity index (χ2n) is 8.11. The van der Waals surface area contributed by atoms with Gasteiger partial charge in [-0.3, -0.25) is 4.79 Å². The summed E-state index contributed by atoms with van der Waals surface area (Å²) in [6.07, 6.45) is 2.90. The third-order valence-electron chi connectivity index (χ3n) is 5.53. The normalized spacial score (nSPS) is 19.6. The topological polar surface area (TPSA) is 119 Å². The van der Waals surface area contributed by atoms with Gasteiger partial charge in [0.05, 0.1) is 23.8 Å². The lowest BCUT2D eigenvalue weighted by Crippen LogP contribution is -2.45. The number of carbonyl (C=O) groups is 2. The molecule has 5 rings (SSSR count). The second kappa shape index (κ2) is 10.6. The number of ether oxygens (including phenoxy) is 4. The first-order chi connectivity index (χ1) is 16.9. The number of amides is 2. The number of hydrogen-bond donors (Lipinski definition) is 2. The number of hydrogen-bond acceptors (Lipinski definition) is 7. The summed E-state index contributed by atoms with van der Waals surface area (Å²) >= 11 is 6.36. The summed E-state index contributed by atoms with van der Waals surface area (Å²) in [6.45, 7) is 0.478. The van der Waals surface area contributed by atoms with Crippen molar-refractivity contribution >= 4 is 23.6 Å². The third kappa shape index (κ3) is 6.16. The molecule has 2 amide bonds. The Bertz CT molecular complexity index is 1190. The van der Waals surface area contributed by atoms with Gasteiger partial charge in [-0.15, -0.1) is 0 Å². The predicted molar refractivity (Wildman–Crippen MR) is 127 cm³/mol. The molecule has 9 nitrogen and oxygen atoms in total. The van der Waals surface area contributed by atoms with Gasteiger partial charge in [-0.25, -0.2) is 4.79 Å². The Morgan fingerprint density at radius 2 is 1.89 bits per heavy atom. The summed E-state index contributed by atoms with van der Waals surface area (Å²) < 4.78 is 22.2. The van der Waals surface area contributed by atoms with E-state index >= 15 is 0 Å². The van der Waals surface area contributed by atoms with Crippen molar-refractivity contribution in [3.63, 3.8) is 0 Å². The maximum absolute atomic E-state index is 13.3. The fraction of sp³-hybridized carbons (Fsp3) is 0.320. The van der Waals surface area contributed by atoms with E-state index in [9.17, 15) is 14.9 Å². The van der Waals surface area contributed by atoms with E-state index in [1.54, 1.807) is 42.5 Å². The minimum Gasteiger partial charge on any atom is -0.497 e. The van der Waals surface area contributed by atoms with Crippen molar-refractivity contribution in [2.75, 3.05) is 20.3 Å². The van der Waals surface area contributed by atoms with Crippen LogP contribution in [0.25, 0.3) is 0 Å². The molecule has 182 valence electrons. The molecule has 1 saturated carbocycles. The molecule has 2 bridgehead atoms. The van der Waals surface area contributed by atoms with Crippen LogP contribution in [0.3, 0.4) is 0 Å². The average Bonchev–Trinajstić information content (AvgIpc) is 3.61. The van der Waals surface area contributed by atoms with Crippen LogP contribution in [0.1, 0.15) is 28.8 Å². The van der Waals surface area contributed by atoms with Gasteiger partial charge >= 0.3 is 6.09 Å². The van der Waals surface area contributed by atoms with E-state index in [-0.39, 0.29) is 25.2 Å². The zero-order valence-electron chi connectivity index (χ0n) is 19.0. The molecular formula is C25H24ClN3O6. The fourth-order valence-corrected chi connectivity index (χ4v) is 3.70. The summed E-state index contributed by atoms with van der Waals surface area (Å²) in [6, 6.07) is 12.1. The van der Waals surface area contributed by atoms with Gasteiger partial charge in [0.2, 0.25) is 0 Å². The van der Waals surface area contributed by atoms with Crippen molar-refractivity contribution in [1.29, 1.82) is 5.26 Å². The molecule has 0 saturated heterocycles. The zero-order chi connectivity index (χ0) is 24.8. The Morgan fingerprint density at radius 3 is 2.54 bits per heavy atom. The molecule has 10 heteroatoms. The van der Waals surface area contributed by atoms with E-state index in [1.165, 1.54) is 13.2 Å². The largest absolute Gasteiger partial charge is 0.497 e. The Morgan fingerprint density at radius 1 is 1.17 bits per heavy atom. The molecule has 0 radical (unpaired) electrons. The Labute approximate surface area is 207 Å². The molecule has 2 aromatic rings. The molecule has 0 aromatic heterocycles. The molecule has 1 aliphatic carbocycles. The number of rotatable bonds is 3. The summed E-state index contributed by atoms with van der Waals surface area (Å²) in [5, 5.41) is 14.9. The number of alkyl carbamates (subject to hydrolysis) is 1. The van der Waals surface area contributed by atoms with E-state index in [0.29, 0.717) is 40.7 Å². The SMILES string of the molecule is COc1ccc2c(c1)C(=O)N[C@@H](OC(=O)NC1(C#N)CC1)Cc1ccc(c(Cl)c1)OC/C=C/CO2. The van der Waals surface area contributed by atoms with Crippen LogP contribution in [0.4, 0.5) is 4.79 Å². The predicted octanol–water partition coefficient (Wildman–Crippen LogP) is 3.76. The van der Waals surface area contributed by atoms with Crippen LogP contribution in [-0.4, -0.2) is 44.1 Å². The van der Waals surface area contributed by atoms with Gasteiger partial charge in [0.25, 0.3) is 5.91 Å². The number of nitrogens with zero attached hydrogens (tertiary/aromatic N) is 1. The van der Waals surface area contributed by atoms with Crippen LogP contribution in [0.2, 0.25) is 5.02 Å². The monoisotopic (exact) mass is 497 g/mol. The molecule has 3 aliphatic rings. The highest BCUT2D eigenvalue weighted by atomic mass is 35.5. The lowest BCUT2D eigenvalue weighted by Gasteiger charge is -2.22. The fourth-order valence-electron chi connectivity index (χ4n) is 3.44. The van der Waals surface area contributed by atoms with Crippen molar-refractivity contribution in [3.05, 3.63) is 64.7 Å². The van der Waals surface area contributed by atoms with Gasteiger partial charge in [0.1, 0.15) is 36.0 Å². The van der Waals surface area contributed by atoms with Crippen LogP contribution >= 0.6 is 11.6 Å². The molecule has 2 aromatic carbocycles. The zero-order valence-corrected chi connectivity index (χ0v) is 19.8. The highest BCUT2D eigenvalue weighted by Gasteiger charge is 2.45. The molecule has 0 spiro atoms. The average molecular weight is 498 g/mol. The smallest absolute Gasteiger partial charge is 0.410 e. The van der Waals surface area contributed by atoms with Crippen LogP contribution < -0.4 is 24.8 Å². The van der Waals surface area contributed by atoms with Crippen molar-refractivity contribution in [2.45, 2.75) is 31.0 Å². The number of nitrogens with one attached hydrogen (secondary N) is 2. The van der Waals surface area contributed by atoms with E-state index < -0.39 is 23.8 Å². The van der Waals surface area contributed by atoms with E-state index in [0.717, 1.165) is 0 Å². The Hall–Kier alpha value is -3.90. The van der Waals surface area contributed by atoms with Gasteiger partial charge in [0, 0.05) is 6.42 Å². The van der Waals surface area contributed by atoms with Crippen LogP contribution in [0, 0.1) is 11.3 Å². The van der Waals surface area contributed by atoms with E-state index in [4.69, 9.17) is 30.5 Å². The molecule has 2 aliphatic heterocycles. The Balaban J connectivity index is 1.63. The summed E-state index contributed by atoms with van der Waals surface area (Å²) in [5.74, 6) is 0.759. The molecule has 35 heavy (non-hydrogen) atoms. The number of carbonyl (C=O) groups excluding carboxylic acids is 2. The van der Waals surface area contributed by atoms with Gasteiger partial charge < -0.3 is 29.6 Å². The molecular weight excluding hydrogens is 474 g/mol. The number of nitriles is 1. The second-order valence-corrected chi connectivity index (χ2v) is 8.52. The van der Waals surface area contributed by atoms with Crippen molar-refractivity contribution in [3.8, 4) is 23.3 Å². The highest BCUT2D eigenvalue weighted by Crippen LogP contribution is 2.34. The molecule has 1 atom stereocenters. The highest BCUT2D eigenvalue weighted by molar-refractivity contribution is 6.32. The first kappa shape index (κ1) is 24.2. The molecule has 0 unspecified atom stereocenters. The quantitative estimate of drug-likeness (QED) is 0.620. The van der Waals surface area contributed by atoms with Crippen molar-refractivity contribution in [1.82, 2.24) is 10.6 Å². The van der Waals surface area contributed by atoms with Gasteiger partial charge in [-0.05, 0) is 60.9 Å². The van der Waals surface area contributed by atoms with Gasteiger partial charge in [-0.1, -0.05) is 17.7 Å². The van der Waals surface area contributed by atoms with Crippen LogP contribution in [0.5, 0.6) is 17.2 Å². The summed E-state index contributed by atoms with van der Waals surface area (Å²) in [4.78, 5) is 25.8. The summed E-state index contributed by atoms with van der Waals surface area (Å²) in [7, 11) is 1.49. The lowest BCUT2D eigenvalue weighted by atomic mass is 10.1. The van der Waals surface area contributed by atoms with Crippen molar-refractivity contribution < 1.29 is 28.5 Å². The number of halogens is 1. The summed E-state index contributed by atoms with van der Waals surface area (Å²) in [5.41, 5.74) is -0.00553. The van der Waals surface area contributed by atoms with Crippen molar-refractivity contribution in [2.24, 2.45) is 0 Å².